The Morgan fingerprint density at radius 1 is 0.806 bits per heavy atom. The van der Waals surface area contributed by atoms with Gasteiger partial charge in [0.05, 0.1) is 0 Å². The summed E-state index contributed by atoms with van der Waals surface area (Å²) in [5.74, 6) is 0.908. The van der Waals surface area contributed by atoms with Gasteiger partial charge in [-0.3, -0.25) is 0 Å². The first kappa shape index (κ1) is 22.6. The van der Waals surface area contributed by atoms with Gasteiger partial charge in [0.2, 0.25) is 0 Å². The van der Waals surface area contributed by atoms with Crippen LogP contribution in [0.5, 0.6) is 5.75 Å². The Morgan fingerprint density at radius 2 is 1.39 bits per heavy atom. The molecule has 0 fully saturated rings. The molecule has 0 saturated heterocycles. The highest BCUT2D eigenvalue weighted by Crippen LogP contribution is 2.34. The van der Waals surface area contributed by atoms with Crippen LogP contribution in [0.4, 0.5) is 0 Å². The molecule has 3 rings (SSSR count). The molecule has 0 unspecified atom stereocenters. The van der Waals surface area contributed by atoms with Crippen molar-refractivity contribution in [3.05, 3.63) is 114 Å². The van der Waals surface area contributed by atoms with Crippen LogP contribution in [-0.4, -0.2) is 31.6 Å². The standard InChI is InChI=1S/C29H33NO/c1-4-6-21-30(3)22-23-31-27-19-17-26(18-20-27)29(25-15-11-8-12-16-25)28(5-2)24-13-9-7-10-14-24/h4,7-20H,1,5-6,21-23H2,2-3H3/b29-28-. The van der Waals surface area contributed by atoms with Gasteiger partial charge >= 0.3 is 0 Å². The predicted octanol–water partition coefficient (Wildman–Crippen LogP) is 6.94. The molecule has 2 nitrogen and oxygen atoms in total. The van der Waals surface area contributed by atoms with Crippen LogP contribution in [0.25, 0.3) is 11.1 Å². The van der Waals surface area contributed by atoms with E-state index in [-0.39, 0.29) is 0 Å². The lowest BCUT2D eigenvalue weighted by Gasteiger charge is -2.18. The van der Waals surface area contributed by atoms with Gasteiger partial charge in [-0.05, 0) is 59.9 Å². The molecule has 0 spiro atoms. The number of hydrogen-bond acceptors (Lipinski definition) is 2. The average Bonchev–Trinajstić information content (AvgIpc) is 2.83. The van der Waals surface area contributed by atoms with Crippen molar-refractivity contribution in [2.75, 3.05) is 26.7 Å². The van der Waals surface area contributed by atoms with Gasteiger partial charge in [-0.25, -0.2) is 0 Å². The Balaban J connectivity index is 1.84. The predicted molar refractivity (Wildman–Crippen MR) is 133 cm³/mol. The van der Waals surface area contributed by atoms with Crippen molar-refractivity contribution < 1.29 is 4.74 Å². The fourth-order valence-electron chi connectivity index (χ4n) is 3.75. The maximum absolute atomic E-state index is 5.98. The minimum absolute atomic E-state index is 0.679. The third-order valence-electron chi connectivity index (χ3n) is 5.44. The normalized spacial score (nSPS) is 11.8. The fraction of sp³-hybridized carbons (Fsp3) is 0.241. The van der Waals surface area contributed by atoms with Crippen molar-refractivity contribution in [1.29, 1.82) is 0 Å². The second-order valence-electron chi connectivity index (χ2n) is 7.69. The van der Waals surface area contributed by atoms with Crippen molar-refractivity contribution in [3.8, 4) is 5.75 Å². The number of nitrogens with zero attached hydrogens (tertiary/aromatic N) is 1. The molecule has 0 aliphatic carbocycles. The lowest BCUT2D eigenvalue weighted by molar-refractivity contribution is 0.239. The Morgan fingerprint density at radius 3 is 1.97 bits per heavy atom. The minimum Gasteiger partial charge on any atom is -0.492 e. The summed E-state index contributed by atoms with van der Waals surface area (Å²) in [5, 5.41) is 0. The minimum atomic E-state index is 0.679. The van der Waals surface area contributed by atoms with Crippen LogP contribution in [0.1, 0.15) is 36.5 Å². The van der Waals surface area contributed by atoms with Crippen LogP contribution in [-0.2, 0) is 0 Å². The summed E-state index contributed by atoms with van der Waals surface area (Å²) in [5.41, 5.74) is 6.35. The lowest BCUT2D eigenvalue weighted by Crippen LogP contribution is -2.25. The molecular formula is C29H33NO. The first-order valence-electron chi connectivity index (χ1n) is 11.1. The van der Waals surface area contributed by atoms with E-state index in [1.165, 1.54) is 27.8 Å². The summed E-state index contributed by atoms with van der Waals surface area (Å²) in [6.07, 6.45) is 3.92. The molecule has 0 heterocycles. The third-order valence-corrected chi connectivity index (χ3v) is 5.44. The molecule has 0 saturated carbocycles. The van der Waals surface area contributed by atoms with Crippen LogP contribution in [0, 0.1) is 0 Å². The molecule has 0 radical (unpaired) electrons. The SMILES string of the molecule is C=CCCN(C)CCOc1ccc(/C(=C(/CC)c2ccccc2)c2ccccc2)cc1. The lowest BCUT2D eigenvalue weighted by atomic mass is 9.88. The molecule has 0 N–H and O–H groups in total. The molecule has 0 aliphatic rings. The molecule has 0 aromatic heterocycles. The molecule has 0 amide bonds. The first-order chi connectivity index (χ1) is 15.2. The van der Waals surface area contributed by atoms with E-state index in [1.54, 1.807) is 0 Å². The van der Waals surface area contributed by atoms with Crippen LogP contribution in [0.15, 0.2) is 97.6 Å². The maximum atomic E-state index is 5.98. The second kappa shape index (κ2) is 11.9. The largest absolute Gasteiger partial charge is 0.492 e. The summed E-state index contributed by atoms with van der Waals surface area (Å²) in [6, 6.07) is 29.9. The summed E-state index contributed by atoms with van der Waals surface area (Å²) in [7, 11) is 2.11. The van der Waals surface area contributed by atoms with E-state index < -0.39 is 0 Å². The average molecular weight is 412 g/mol. The highest BCUT2D eigenvalue weighted by Gasteiger charge is 2.13. The van der Waals surface area contributed by atoms with Gasteiger partial charge in [0.15, 0.2) is 0 Å². The zero-order valence-electron chi connectivity index (χ0n) is 18.8. The van der Waals surface area contributed by atoms with Gasteiger partial charge < -0.3 is 9.64 Å². The van der Waals surface area contributed by atoms with E-state index in [1.807, 2.05) is 6.08 Å². The summed E-state index contributed by atoms with van der Waals surface area (Å²) in [6.45, 7) is 8.60. The van der Waals surface area contributed by atoms with E-state index in [4.69, 9.17) is 4.74 Å². The number of benzene rings is 3. The zero-order valence-corrected chi connectivity index (χ0v) is 18.8. The fourth-order valence-corrected chi connectivity index (χ4v) is 3.75. The van der Waals surface area contributed by atoms with Crippen molar-refractivity contribution >= 4 is 11.1 Å². The summed E-state index contributed by atoms with van der Waals surface area (Å²) in [4.78, 5) is 2.26. The van der Waals surface area contributed by atoms with Gasteiger partial charge in [-0.2, -0.15) is 0 Å². The van der Waals surface area contributed by atoms with E-state index >= 15 is 0 Å². The van der Waals surface area contributed by atoms with Gasteiger partial charge in [0.1, 0.15) is 12.4 Å². The number of allylic oxidation sites excluding steroid dienone is 1. The van der Waals surface area contributed by atoms with Crippen molar-refractivity contribution in [3.63, 3.8) is 0 Å². The van der Waals surface area contributed by atoms with Gasteiger partial charge in [-0.15, -0.1) is 6.58 Å². The van der Waals surface area contributed by atoms with E-state index in [9.17, 15) is 0 Å². The Hall–Kier alpha value is -3.10. The van der Waals surface area contributed by atoms with Crippen LogP contribution in [0.3, 0.4) is 0 Å². The quantitative estimate of drug-likeness (QED) is 0.250. The molecule has 3 aromatic carbocycles. The Kier molecular flexibility index (Phi) is 8.69. The molecule has 31 heavy (non-hydrogen) atoms. The monoisotopic (exact) mass is 411 g/mol. The molecular weight excluding hydrogens is 378 g/mol. The van der Waals surface area contributed by atoms with Crippen molar-refractivity contribution in [1.82, 2.24) is 4.90 Å². The Bertz CT molecular complexity index is 959. The third kappa shape index (κ3) is 6.44. The van der Waals surface area contributed by atoms with E-state index in [0.717, 1.165) is 31.7 Å². The topological polar surface area (TPSA) is 12.5 Å². The van der Waals surface area contributed by atoms with Crippen molar-refractivity contribution in [2.24, 2.45) is 0 Å². The summed E-state index contributed by atoms with van der Waals surface area (Å²) >= 11 is 0. The zero-order chi connectivity index (χ0) is 21.9. The van der Waals surface area contributed by atoms with Gasteiger partial charge in [-0.1, -0.05) is 85.8 Å². The van der Waals surface area contributed by atoms with E-state index in [0.29, 0.717) is 6.61 Å². The molecule has 0 bridgehead atoms. The molecule has 3 aromatic rings. The van der Waals surface area contributed by atoms with Crippen LogP contribution in [0.2, 0.25) is 0 Å². The van der Waals surface area contributed by atoms with Crippen molar-refractivity contribution in [2.45, 2.75) is 19.8 Å². The summed E-state index contributed by atoms with van der Waals surface area (Å²) < 4.78 is 5.98. The number of likely N-dealkylation sites (N-methyl/N-ethyl adjacent to an activating group) is 1. The second-order valence-corrected chi connectivity index (χ2v) is 7.69. The van der Waals surface area contributed by atoms with Crippen LogP contribution < -0.4 is 4.74 Å². The Labute approximate surface area is 187 Å². The number of hydrogen-bond donors (Lipinski definition) is 0. The van der Waals surface area contributed by atoms with Gasteiger partial charge in [0, 0.05) is 13.1 Å². The molecule has 160 valence electrons. The number of ether oxygens (including phenoxy) is 1. The molecule has 2 heteroatoms. The smallest absolute Gasteiger partial charge is 0.119 e. The van der Waals surface area contributed by atoms with Gasteiger partial charge in [0.25, 0.3) is 0 Å². The van der Waals surface area contributed by atoms with E-state index in [2.05, 4.69) is 110 Å². The number of rotatable bonds is 11. The maximum Gasteiger partial charge on any atom is 0.119 e. The highest BCUT2D eigenvalue weighted by molar-refractivity contribution is 5.98. The highest BCUT2D eigenvalue weighted by atomic mass is 16.5. The van der Waals surface area contributed by atoms with Crippen LogP contribution >= 0.6 is 0 Å². The first-order valence-corrected chi connectivity index (χ1v) is 11.1. The molecule has 0 aliphatic heterocycles. The molecule has 0 atom stereocenters.